The Morgan fingerprint density at radius 3 is 2.71 bits per heavy atom. The molecule has 0 amide bonds. The highest BCUT2D eigenvalue weighted by Gasteiger charge is 2.56. The van der Waals surface area contributed by atoms with Crippen LogP contribution < -0.4 is 5.73 Å². The Bertz CT molecular complexity index is 532. The van der Waals surface area contributed by atoms with Gasteiger partial charge in [-0.15, -0.1) is 10.2 Å². The maximum absolute atomic E-state index is 6.10. The number of nitrogens with zero attached hydrogens (tertiary/aromatic N) is 3. The lowest BCUT2D eigenvalue weighted by Crippen LogP contribution is -2.06. The number of aromatic nitrogens is 4. The molecule has 3 rings (SSSR count). The Kier molecular flexibility index (Phi) is 2.06. The van der Waals surface area contributed by atoms with Crippen LogP contribution in [0.5, 0.6) is 0 Å². The van der Waals surface area contributed by atoms with Crippen LogP contribution in [0.1, 0.15) is 25.3 Å². The van der Waals surface area contributed by atoms with Crippen molar-refractivity contribution in [3.8, 4) is 11.4 Å². The van der Waals surface area contributed by atoms with Crippen LogP contribution in [-0.2, 0) is 0 Å². The maximum Gasteiger partial charge on any atom is 0.204 e. The Labute approximate surface area is 99.4 Å². The van der Waals surface area contributed by atoms with E-state index in [1.807, 2.05) is 12.1 Å². The first-order valence-corrected chi connectivity index (χ1v) is 5.70. The highest BCUT2D eigenvalue weighted by atomic mass is 15.5. The van der Waals surface area contributed by atoms with E-state index in [1.54, 1.807) is 0 Å². The van der Waals surface area contributed by atoms with Crippen LogP contribution in [0.4, 0.5) is 0 Å². The topological polar surface area (TPSA) is 80.5 Å². The van der Waals surface area contributed by atoms with Crippen molar-refractivity contribution >= 4 is 0 Å². The van der Waals surface area contributed by atoms with Crippen LogP contribution in [0.15, 0.2) is 24.3 Å². The van der Waals surface area contributed by atoms with E-state index in [0.717, 1.165) is 5.56 Å². The summed E-state index contributed by atoms with van der Waals surface area (Å²) in [6.07, 6.45) is 0. The van der Waals surface area contributed by atoms with Crippen molar-refractivity contribution in [1.29, 1.82) is 0 Å². The monoisotopic (exact) mass is 229 g/mol. The molecule has 1 aromatic heterocycles. The second-order valence-corrected chi connectivity index (χ2v) is 5.19. The van der Waals surface area contributed by atoms with Gasteiger partial charge in [-0.1, -0.05) is 32.0 Å². The molecule has 1 fully saturated rings. The molecule has 0 spiro atoms. The molecule has 0 unspecified atom stereocenters. The van der Waals surface area contributed by atoms with Crippen LogP contribution in [0.3, 0.4) is 0 Å². The smallest absolute Gasteiger partial charge is 0.204 e. The zero-order valence-corrected chi connectivity index (χ0v) is 9.88. The fraction of sp³-hybridized carbons (Fsp3) is 0.417. The van der Waals surface area contributed by atoms with E-state index in [1.165, 1.54) is 5.56 Å². The van der Waals surface area contributed by atoms with E-state index in [-0.39, 0.29) is 11.5 Å². The van der Waals surface area contributed by atoms with Crippen LogP contribution >= 0.6 is 0 Å². The summed E-state index contributed by atoms with van der Waals surface area (Å²) in [4.78, 5) is 0. The van der Waals surface area contributed by atoms with Gasteiger partial charge in [0, 0.05) is 17.5 Å². The maximum atomic E-state index is 6.10. The molecule has 1 saturated carbocycles. The average Bonchev–Trinajstić information content (AvgIpc) is 2.76. The van der Waals surface area contributed by atoms with Crippen molar-refractivity contribution in [2.75, 3.05) is 0 Å². The van der Waals surface area contributed by atoms with E-state index in [4.69, 9.17) is 5.73 Å². The zero-order chi connectivity index (χ0) is 12.0. The predicted molar refractivity (Wildman–Crippen MR) is 64.1 cm³/mol. The summed E-state index contributed by atoms with van der Waals surface area (Å²) in [5.74, 6) is 1.05. The molecule has 88 valence electrons. The van der Waals surface area contributed by atoms with Crippen molar-refractivity contribution in [3.05, 3.63) is 29.8 Å². The zero-order valence-electron chi connectivity index (χ0n) is 9.88. The van der Waals surface area contributed by atoms with Crippen molar-refractivity contribution < 1.29 is 0 Å². The third-order valence-electron chi connectivity index (χ3n) is 3.76. The van der Waals surface area contributed by atoms with Gasteiger partial charge >= 0.3 is 0 Å². The van der Waals surface area contributed by atoms with Gasteiger partial charge < -0.3 is 5.73 Å². The average molecular weight is 229 g/mol. The SMILES string of the molecule is CC1(C)[C@@H](N)[C@@H]1c1cccc(-c2nn[nH]n2)c1. The lowest BCUT2D eigenvalue weighted by molar-refractivity contribution is 0.599. The van der Waals surface area contributed by atoms with Gasteiger partial charge in [0.2, 0.25) is 5.82 Å². The molecule has 5 nitrogen and oxygen atoms in total. The molecule has 1 aliphatic rings. The summed E-state index contributed by atoms with van der Waals surface area (Å²) in [7, 11) is 0. The molecule has 17 heavy (non-hydrogen) atoms. The fourth-order valence-corrected chi connectivity index (χ4v) is 2.47. The number of tetrazole rings is 1. The van der Waals surface area contributed by atoms with Gasteiger partial charge in [0.1, 0.15) is 0 Å². The number of hydrogen-bond donors (Lipinski definition) is 2. The number of hydrogen-bond acceptors (Lipinski definition) is 4. The highest BCUT2D eigenvalue weighted by molar-refractivity contribution is 5.56. The van der Waals surface area contributed by atoms with Crippen molar-refractivity contribution in [2.45, 2.75) is 25.8 Å². The quantitative estimate of drug-likeness (QED) is 0.813. The van der Waals surface area contributed by atoms with Gasteiger partial charge in [-0.2, -0.15) is 5.21 Å². The Morgan fingerprint density at radius 1 is 1.35 bits per heavy atom. The fourth-order valence-electron chi connectivity index (χ4n) is 2.47. The normalized spacial score (nSPS) is 25.8. The highest BCUT2D eigenvalue weighted by Crippen LogP contribution is 2.57. The molecule has 0 saturated heterocycles. The van der Waals surface area contributed by atoms with E-state index >= 15 is 0 Å². The largest absolute Gasteiger partial charge is 0.327 e. The summed E-state index contributed by atoms with van der Waals surface area (Å²) in [6.45, 7) is 4.40. The number of benzene rings is 1. The van der Waals surface area contributed by atoms with Gasteiger partial charge in [0.15, 0.2) is 0 Å². The van der Waals surface area contributed by atoms with E-state index in [2.05, 4.69) is 46.6 Å². The molecule has 2 aromatic rings. The third kappa shape index (κ3) is 1.54. The van der Waals surface area contributed by atoms with Gasteiger partial charge in [-0.05, 0) is 22.3 Å². The van der Waals surface area contributed by atoms with Crippen LogP contribution in [-0.4, -0.2) is 26.7 Å². The first-order chi connectivity index (χ1) is 8.10. The summed E-state index contributed by atoms with van der Waals surface area (Å²) >= 11 is 0. The second-order valence-electron chi connectivity index (χ2n) is 5.19. The molecular formula is C12H15N5. The molecule has 1 heterocycles. The van der Waals surface area contributed by atoms with E-state index in [9.17, 15) is 0 Å². The molecule has 3 N–H and O–H groups in total. The molecule has 1 aliphatic carbocycles. The van der Waals surface area contributed by atoms with Gasteiger partial charge in [0.25, 0.3) is 0 Å². The Balaban J connectivity index is 1.96. The Morgan fingerprint density at radius 2 is 2.12 bits per heavy atom. The number of aromatic amines is 1. The van der Waals surface area contributed by atoms with Crippen LogP contribution in [0, 0.1) is 5.41 Å². The summed E-state index contributed by atoms with van der Waals surface area (Å²) in [6, 6.07) is 8.45. The number of rotatable bonds is 2. The molecule has 1 aromatic carbocycles. The number of nitrogens with one attached hydrogen (secondary N) is 1. The minimum Gasteiger partial charge on any atom is -0.327 e. The summed E-state index contributed by atoms with van der Waals surface area (Å²) < 4.78 is 0. The van der Waals surface area contributed by atoms with Crippen molar-refractivity contribution in [1.82, 2.24) is 20.6 Å². The lowest BCUT2D eigenvalue weighted by Gasteiger charge is -2.04. The van der Waals surface area contributed by atoms with Gasteiger partial charge in [-0.25, -0.2) is 0 Å². The predicted octanol–water partition coefficient (Wildman–Crippen LogP) is 1.32. The van der Waals surface area contributed by atoms with Gasteiger partial charge in [0.05, 0.1) is 0 Å². The van der Waals surface area contributed by atoms with Gasteiger partial charge in [-0.3, -0.25) is 0 Å². The minimum atomic E-state index is 0.190. The number of nitrogens with two attached hydrogens (primary N) is 1. The minimum absolute atomic E-state index is 0.190. The van der Waals surface area contributed by atoms with Crippen molar-refractivity contribution in [2.24, 2.45) is 11.1 Å². The first-order valence-electron chi connectivity index (χ1n) is 5.70. The summed E-state index contributed by atoms with van der Waals surface area (Å²) in [5.41, 5.74) is 8.52. The molecule has 0 aliphatic heterocycles. The molecule has 0 bridgehead atoms. The standard InChI is InChI=1S/C12H15N5/c1-12(2)9(10(12)13)7-4-3-5-8(6-7)11-14-16-17-15-11/h3-6,9-10H,13H2,1-2H3,(H,14,15,16,17)/t9-,10-/m0/s1. The Hall–Kier alpha value is -1.75. The number of H-pyrrole nitrogens is 1. The third-order valence-corrected chi connectivity index (χ3v) is 3.76. The second kappa shape index (κ2) is 3.37. The molecule has 5 heteroatoms. The summed E-state index contributed by atoms with van der Waals surface area (Å²) in [5, 5.41) is 14.0. The van der Waals surface area contributed by atoms with Crippen LogP contribution in [0.25, 0.3) is 11.4 Å². The molecule has 0 radical (unpaired) electrons. The van der Waals surface area contributed by atoms with Crippen LogP contribution in [0.2, 0.25) is 0 Å². The van der Waals surface area contributed by atoms with E-state index in [0.29, 0.717) is 11.7 Å². The lowest BCUT2D eigenvalue weighted by atomic mass is 10.0. The molecule has 2 atom stereocenters. The van der Waals surface area contributed by atoms with E-state index < -0.39 is 0 Å². The molecular weight excluding hydrogens is 214 g/mol. The van der Waals surface area contributed by atoms with Crippen molar-refractivity contribution in [3.63, 3.8) is 0 Å². The first kappa shape index (κ1) is 10.4.